The molecule has 5 nitrogen and oxygen atoms in total. The SMILES string of the molecule is CCC(C)NS(=O)(=O)c1ccc2c(c1)CCCN2C(=O)c1ccccc1. The van der Waals surface area contributed by atoms with Crippen LogP contribution in [-0.2, 0) is 16.4 Å². The van der Waals surface area contributed by atoms with Crippen LogP contribution in [0.15, 0.2) is 53.4 Å². The zero-order valence-electron chi connectivity index (χ0n) is 15.1. The lowest BCUT2D eigenvalue weighted by Gasteiger charge is -2.30. The van der Waals surface area contributed by atoms with Crippen molar-refractivity contribution in [3.63, 3.8) is 0 Å². The number of hydrogen-bond acceptors (Lipinski definition) is 3. The van der Waals surface area contributed by atoms with Gasteiger partial charge in [-0.05, 0) is 62.1 Å². The summed E-state index contributed by atoms with van der Waals surface area (Å²) in [5, 5.41) is 0. The summed E-state index contributed by atoms with van der Waals surface area (Å²) in [6.07, 6.45) is 2.30. The van der Waals surface area contributed by atoms with E-state index in [1.54, 1.807) is 35.2 Å². The summed E-state index contributed by atoms with van der Waals surface area (Å²) in [6.45, 7) is 4.42. The number of rotatable bonds is 5. The second-order valence-corrected chi connectivity index (χ2v) is 8.36. The van der Waals surface area contributed by atoms with Gasteiger partial charge in [0.25, 0.3) is 5.91 Å². The number of sulfonamides is 1. The van der Waals surface area contributed by atoms with Gasteiger partial charge in [-0.15, -0.1) is 0 Å². The Labute approximate surface area is 155 Å². The Hall–Kier alpha value is -2.18. The van der Waals surface area contributed by atoms with Crippen molar-refractivity contribution in [2.45, 2.75) is 44.0 Å². The summed E-state index contributed by atoms with van der Waals surface area (Å²) in [5.41, 5.74) is 2.33. The van der Waals surface area contributed by atoms with Crippen molar-refractivity contribution in [2.75, 3.05) is 11.4 Å². The van der Waals surface area contributed by atoms with E-state index in [4.69, 9.17) is 0 Å². The van der Waals surface area contributed by atoms with Crippen molar-refractivity contribution in [1.29, 1.82) is 0 Å². The van der Waals surface area contributed by atoms with Crippen LogP contribution in [0.25, 0.3) is 0 Å². The Morgan fingerprint density at radius 3 is 2.62 bits per heavy atom. The Kier molecular flexibility index (Phi) is 5.44. The van der Waals surface area contributed by atoms with Gasteiger partial charge < -0.3 is 4.90 Å². The Morgan fingerprint density at radius 2 is 1.92 bits per heavy atom. The molecule has 1 atom stereocenters. The summed E-state index contributed by atoms with van der Waals surface area (Å²) in [7, 11) is -3.55. The lowest BCUT2D eigenvalue weighted by molar-refractivity contribution is 0.0985. The van der Waals surface area contributed by atoms with E-state index in [0.29, 0.717) is 12.1 Å². The number of amides is 1. The number of anilines is 1. The zero-order chi connectivity index (χ0) is 18.7. The third-order valence-electron chi connectivity index (χ3n) is 4.71. The smallest absolute Gasteiger partial charge is 0.258 e. The minimum absolute atomic E-state index is 0.0557. The minimum Gasteiger partial charge on any atom is -0.308 e. The van der Waals surface area contributed by atoms with E-state index in [1.165, 1.54) is 0 Å². The molecular formula is C20H24N2O3S. The monoisotopic (exact) mass is 372 g/mol. The molecule has 1 N–H and O–H groups in total. The predicted octanol–water partition coefficient (Wildman–Crippen LogP) is 3.36. The predicted molar refractivity (Wildman–Crippen MR) is 103 cm³/mol. The lowest BCUT2D eigenvalue weighted by Crippen LogP contribution is -2.36. The highest BCUT2D eigenvalue weighted by Crippen LogP contribution is 2.30. The third kappa shape index (κ3) is 3.81. The van der Waals surface area contributed by atoms with E-state index in [9.17, 15) is 13.2 Å². The first kappa shape index (κ1) is 18.6. The maximum atomic E-state index is 12.8. The lowest BCUT2D eigenvalue weighted by atomic mass is 10.0. The van der Waals surface area contributed by atoms with Gasteiger partial charge in [-0.25, -0.2) is 13.1 Å². The second-order valence-electron chi connectivity index (χ2n) is 6.65. The molecule has 6 heteroatoms. The van der Waals surface area contributed by atoms with Crippen molar-refractivity contribution >= 4 is 21.6 Å². The average Bonchev–Trinajstić information content (AvgIpc) is 2.66. The van der Waals surface area contributed by atoms with Gasteiger partial charge >= 0.3 is 0 Å². The van der Waals surface area contributed by atoms with E-state index < -0.39 is 10.0 Å². The summed E-state index contributed by atoms with van der Waals surface area (Å²) in [6, 6.07) is 14.1. The van der Waals surface area contributed by atoms with Crippen LogP contribution in [0, 0.1) is 0 Å². The van der Waals surface area contributed by atoms with Gasteiger partial charge in [0.05, 0.1) is 4.90 Å². The number of aryl methyl sites for hydroxylation is 1. The van der Waals surface area contributed by atoms with Crippen LogP contribution in [0.3, 0.4) is 0 Å². The largest absolute Gasteiger partial charge is 0.308 e. The molecule has 1 aliphatic heterocycles. The number of hydrogen-bond donors (Lipinski definition) is 1. The molecule has 1 unspecified atom stereocenters. The third-order valence-corrected chi connectivity index (χ3v) is 6.30. The molecule has 3 rings (SSSR count). The molecule has 2 aromatic carbocycles. The van der Waals surface area contributed by atoms with Crippen LogP contribution in [0.2, 0.25) is 0 Å². The molecule has 0 spiro atoms. The summed E-state index contributed by atoms with van der Waals surface area (Å²) >= 11 is 0. The molecule has 0 bridgehead atoms. The van der Waals surface area contributed by atoms with Crippen molar-refractivity contribution in [1.82, 2.24) is 4.72 Å². The number of benzene rings is 2. The Balaban J connectivity index is 1.92. The van der Waals surface area contributed by atoms with Crippen LogP contribution in [0.5, 0.6) is 0 Å². The first-order chi connectivity index (χ1) is 12.4. The number of carbonyl (C=O) groups excluding carboxylic acids is 1. The van der Waals surface area contributed by atoms with Gasteiger partial charge in [0.15, 0.2) is 0 Å². The van der Waals surface area contributed by atoms with Crippen LogP contribution in [0.1, 0.15) is 42.6 Å². The van der Waals surface area contributed by atoms with Crippen molar-refractivity contribution in [3.05, 3.63) is 59.7 Å². The van der Waals surface area contributed by atoms with Gasteiger partial charge in [0, 0.05) is 23.8 Å². The molecule has 1 heterocycles. The van der Waals surface area contributed by atoms with Gasteiger partial charge in [-0.3, -0.25) is 4.79 Å². The highest BCUT2D eigenvalue weighted by Gasteiger charge is 2.25. The molecule has 1 amide bonds. The average molecular weight is 372 g/mol. The quantitative estimate of drug-likeness (QED) is 0.875. The molecule has 26 heavy (non-hydrogen) atoms. The Bertz CT molecular complexity index is 895. The van der Waals surface area contributed by atoms with Crippen LogP contribution < -0.4 is 9.62 Å². The number of nitrogens with zero attached hydrogens (tertiary/aromatic N) is 1. The molecule has 0 aromatic heterocycles. The molecule has 0 radical (unpaired) electrons. The number of nitrogens with one attached hydrogen (secondary N) is 1. The molecule has 1 aliphatic rings. The standard InChI is InChI=1S/C20H24N2O3S/c1-3-15(2)21-26(24,25)18-11-12-19-17(14-18)10-7-13-22(19)20(23)16-8-5-4-6-9-16/h4-6,8-9,11-12,14-15,21H,3,7,10,13H2,1-2H3. The second kappa shape index (κ2) is 7.60. The summed E-state index contributed by atoms with van der Waals surface area (Å²) < 4.78 is 27.7. The highest BCUT2D eigenvalue weighted by atomic mass is 32.2. The number of carbonyl (C=O) groups is 1. The number of fused-ring (bicyclic) bond motifs is 1. The van der Waals surface area contributed by atoms with Crippen LogP contribution >= 0.6 is 0 Å². The molecule has 0 aliphatic carbocycles. The van der Waals surface area contributed by atoms with E-state index in [2.05, 4.69) is 4.72 Å². The molecule has 2 aromatic rings. The molecular weight excluding hydrogens is 348 g/mol. The van der Waals surface area contributed by atoms with Gasteiger partial charge in [0.1, 0.15) is 0 Å². The molecule has 138 valence electrons. The Morgan fingerprint density at radius 1 is 1.19 bits per heavy atom. The first-order valence-electron chi connectivity index (χ1n) is 8.94. The molecule has 0 saturated heterocycles. The van der Waals surface area contributed by atoms with Gasteiger partial charge in [-0.1, -0.05) is 25.1 Å². The van der Waals surface area contributed by atoms with E-state index in [-0.39, 0.29) is 16.8 Å². The van der Waals surface area contributed by atoms with E-state index in [0.717, 1.165) is 30.5 Å². The fraction of sp³-hybridized carbons (Fsp3) is 0.350. The fourth-order valence-electron chi connectivity index (χ4n) is 3.10. The fourth-order valence-corrected chi connectivity index (χ4v) is 4.48. The van der Waals surface area contributed by atoms with Gasteiger partial charge in [-0.2, -0.15) is 0 Å². The van der Waals surface area contributed by atoms with Crippen molar-refractivity contribution in [3.8, 4) is 0 Å². The van der Waals surface area contributed by atoms with Gasteiger partial charge in [0.2, 0.25) is 10.0 Å². The summed E-state index contributed by atoms with van der Waals surface area (Å²) in [5.74, 6) is -0.0557. The van der Waals surface area contributed by atoms with Crippen molar-refractivity contribution < 1.29 is 13.2 Å². The van der Waals surface area contributed by atoms with Crippen LogP contribution in [-0.4, -0.2) is 26.9 Å². The topological polar surface area (TPSA) is 66.5 Å². The maximum absolute atomic E-state index is 12.8. The highest BCUT2D eigenvalue weighted by molar-refractivity contribution is 7.89. The molecule has 0 saturated carbocycles. The summed E-state index contributed by atoms with van der Waals surface area (Å²) in [4.78, 5) is 14.8. The normalized spacial score (nSPS) is 15.4. The van der Waals surface area contributed by atoms with E-state index >= 15 is 0 Å². The van der Waals surface area contributed by atoms with Crippen molar-refractivity contribution in [2.24, 2.45) is 0 Å². The molecule has 0 fully saturated rings. The van der Waals surface area contributed by atoms with Crippen LogP contribution in [0.4, 0.5) is 5.69 Å². The van der Waals surface area contributed by atoms with E-state index in [1.807, 2.05) is 32.0 Å². The maximum Gasteiger partial charge on any atom is 0.258 e. The zero-order valence-corrected chi connectivity index (χ0v) is 15.9. The minimum atomic E-state index is -3.55. The first-order valence-corrected chi connectivity index (χ1v) is 10.4.